The highest BCUT2D eigenvalue weighted by Crippen LogP contribution is 2.17. The van der Waals surface area contributed by atoms with Crippen molar-refractivity contribution < 1.29 is 32.2 Å². The predicted octanol–water partition coefficient (Wildman–Crippen LogP) is 4.44. The van der Waals surface area contributed by atoms with Crippen molar-refractivity contribution in [2.75, 3.05) is 6.61 Å². The van der Waals surface area contributed by atoms with Crippen molar-refractivity contribution in [3.05, 3.63) is 35.1 Å². The molecule has 0 unspecified atom stereocenters. The number of rotatable bonds is 11. The van der Waals surface area contributed by atoms with E-state index in [1.54, 1.807) is 0 Å². The summed E-state index contributed by atoms with van der Waals surface area (Å²) in [6.45, 7) is 1.75. The van der Waals surface area contributed by atoms with Crippen molar-refractivity contribution in [1.82, 2.24) is 0 Å². The van der Waals surface area contributed by atoms with Crippen LogP contribution in [0.25, 0.3) is 0 Å². The minimum Gasteiger partial charge on any atom is -0.466 e. The van der Waals surface area contributed by atoms with Crippen LogP contribution in [0.2, 0.25) is 0 Å². The second-order valence-electron chi connectivity index (χ2n) is 5.62. The summed E-state index contributed by atoms with van der Waals surface area (Å²) in [6, 6.07) is 1.42. The first-order valence-electron chi connectivity index (χ1n) is 8.39. The number of halogens is 3. The lowest BCUT2D eigenvalue weighted by molar-refractivity contribution is -0.146. The van der Waals surface area contributed by atoms with Gasteiger partial charge in [-0.3, -0.25) is 9.59 Å². The predicted molar refractivity (Wildman–Crippen MR) is 85.1 cm³/mol. The molecule has 0 amide bonds. The number of carbonyl (C=O) groups is 2. The Hall–Kier alpha value is -2.05. The number of unbranched alkanes of at least 4 members (excludes halogenated alkanes) is 3. The van der Waals surface area contributed by atoms with E-state index in [9.17, 15) is 22.8 Å². The molecule has 1 aromatic carbocycles. The molecule has 0 spiro atoms. The largest absolute Gasteiger partial charge is 0.466 e. The van der Waals surface area contributed by atoms with Crippen LogP contribution < -0.4 is 0 Å². The number of ether oxygens (including phenoxy) is 2. The summed E-state index contributed by atoms with van der Waals surface area (Å²) in [6.07, 6.45) is 4.18. The van der Waals surface area contributed by atoms with Crippen molar-refractivity contribution in [1.29, 1.82) is 0 Å². The van der Waals surface area contributed by atoms with Crippen molar-refractivity contribution in [3.63, 3.8) is 0 Å². The normalized spacial score (nSPS) is 10.6. The van der Waals surface area contributed by atoms with Gasteiger partial charge < -0.3 is 9.47 Å². The SMILES string of the molecule is CCCCCCOC(=O)CCCC(=O)OCc1c(F)ccc(F)c1F. The minimum absolute atomic E-state index is 0.0611. The monoisotopic (exact) mass is 360 g/mol. The maximum Gasteiger partial charge on any atom is 0.306 e. The molecule has 7 heteroatoms. The van der Waals surface area contributed by atoms with Gasteiger partial charge in [-0.2, -0.15) is 0 Å². The molecule has 0 N–H and O–H groups in total. The van der Waals surface area contributed by atoms with E-state index in [0.717, 1.165) is 31.7 Å². The third kappa shape index (κ3) is 8.05. The van der Waals surface area contributed by atoms with Gasteiger partial charge in [0, 0.05) is 12.8 Å². The van der Waals surface area contributed by atoms with Gasteiger partial charge in [0.2, 0.25) is 0 Å². The van der Waals surface area contributed by atoms with Crippen LogP contribution in [0.4, 0.5) is 13.2 Å². The van der Waals surface area contributed by atoms with Gasteiger partial charge in [0.1, 0.15) is 12.4 Å². The first-order valence-corrected chi connectivity index (χ1v) is 8.39. The average molecular weight is 360 g/mol. The van der Waals surface area contributed by atoms with E-state index >= 15 is 0 Å². The van der Waals surface area contributed by atoms with Crippen molar-refractivity contribution in [2.45, 2.75) is 58.5 Å². The lowest BCUT2D eigenvalue weighted by Gasteiger charge is -2.08. The lowest BCUT2D eigenvalue weighted by Crippen LogP contribution is -2.10. The quantitative estimate of drug-likeness (QED) is 0.333. The van der Waals surface area contributed by atoms with Crippen molar-refractivity contribution in [2.24, 2.45) is 0 Å². The van der Waals surface area contributed by atoms with Crippen LogP contribution in [-0.2, 0) is 25.7 Å². The van der Waals surface area contributed by atoms with E-state index in [4.69, 9.17) is 9.47 Å². The minimum atomic E-state index is -1.38. The van der Waals surface area contributed by atoms with Crippen molar-refractivity contribution in [3.8, 4) is 0 Å². The molecule has 0 bridgehead atoms. The van der Waals surface area contributed by atoms with E-state index in [1.165, 1.54) is 0 Å². The third-order valence-electron chi connectivity index (χ3n) is 3.54. The second kappa shape index (κ2) is 11.5. The maximum atomic E-state index is 13.4. The number of hydrogen-bond acceptors (Lipinski definition) is 4. The molecule has 0 fully saturated rings. The molecule has 0 saturated heterocycles. The zero-order valence-electron chi connectivity index (χ0n) is 14.3. The van der Waals surface area contributed by atoms with E-state index in [1.807, 2.05) is 0 Å². The van der Waals surface area contributed by atoms with Gasteiger partial charge in [-0.25, -0.2) is 13.2 Å². The molecule has 0 atom stereocenters. The highest BCUT2D eigenvalue weighted by molar-refractivity contribution is 5.72. The fourth-order valence-electron chi connectivity index (χ4n) is 2.09. The van der Waals surface area contributed by atoms with Gasteiger partial charge in [-0.15, -0.1) is 0 Å². The summed E-state index contributed by atoms with van der Waals surface area (Å²) in [7, 11) is 0. The molecular formula is C18H23F3O4. The second-order valence-corrected chi connectivity index (χ2v) is 5.62. The molecule has 140 valence electrons. The molecular weight excluding hydrogens is 337 g/mol. The summed E-state index contributed by atoms with van der Waals surface area (Å²) in [4.78, 5) is 23.0. The first kappa shape index (κ1) is 21.0. The standard InChI is InChI=1S/C18H23F3O4/c1-2-3-4-5-11-24-16(22)7-6-8-17(23)25-12-13-14(19)9-10-15(20)18(13)21/h9-10H,2-8,11-12H2,1H3. The Labute approximate surface area is 145 Å². The molecule has 25 heavy (non-hydrogen) atoms. The molecule has 0 radical (unpaired) electrons. The Morgan fingerprint density at radius 1 is 0.880 bits per heavy atom. The number of benzene rings is 1. The summed E-state index contributed by atoms with van der Waals surface area (Å²) in [5, 5.41) is 0. The molecule has 0 saturated carbocycles. The third-order valence-corrected chi connectivity index (χ3v) is 3.54. The average Bonchev–Trinajstić information content (AvgIpc) is 2.58. The smallest absolute Gasteiger partial charge is 0.306 e. The molecule has 1 rings (SSSR count). The number of hydrogen-bond donors (Lipinski definition) is 0. The van der Waals surface area contributed by atoms with Crippen LogP contribution in [0.3, 0.4) is 0 Å². The summed E-state index contributed by atoms with van der Waals surface area (Å²) < 4.78 is 49.5. The van der Waals surface area contributed by atoms with Gasteiger partial charge in [-0.05, 0) is 25.0 Å². The number of carbonyl (C=O) groups excluding carboxylic acids is 2. The molecule has 0 aliphatic carbocycles. The molecule has 4 nitrogen and oxygen atoms in total. The Morgan fingerprint density at radius 2 is 1.52 bits per heavy atom. The summed E-state index contributed by atoms with van der Waals surface area (Å²) in [5.74, 6) is -4.70. The Balaban J connectivity index is 2.21. The van der Waals surface area contributed by atoms with E-state index < -0.39 is 41.6 Å². The highest BCUT2D eigenvalue weighted by Gasteiger charge is 2.16. The maximum absolute atomic E-state index is 13.4. The zero-order valence-corrected chi connectivity index (χ0v) is 14.3. The topological polar surface area (TPSA) is 52.6 Å². The van der Waals surface area contributed by atoms with Gasteiger partial charge in [0.05, 0.1) is 12.2 Å². The number of esters is 2. The van der Waals surface area contributed by atoms with Gasteiger partial charge in [0.15, 0.2) is 11.6 Å². The molecule has 0 heterocycles. The highest BCUT2D eigenvalue weighted by atomic mass is 19.2. The molecule has 0 aromatic heterocycles. The molecule has 0 aliphatic rings. The lowest BCUT2D eigenvalue weighted by atomic mass is 10.2. The van der Waals surface area contributed by atoms with Crippen molar-refractivity contribution >= 4 is 11.9 Å². The molecule has 0 aliphatic heterocycles. The first-order chi connectivity index (χ1) is 12.0. The van der Waals surface area contributed by atoms with Crippen LogP contribution in [0, 0.1) is 17.5 Å². The summed E-state index contributed by atoms with van der Waals surface area (Å²) in [5.41, 5.74) is -0.639. The van der Waals surface area contributed by atoms with Crippen LogP contribution in [0.15, 0.2) is 12.1 Å². The van der Waals surface area contributed by atoms with Crippen LogP contribution in [-0.4, -0.2) is 18.5 Å². The zero-order chi connectivity index (χ0) is 18.7. The summed E-state index contributed by atoms with van der Waals surface area (Å²) >= 11 is 0. The molecule has 1 aromatic rings. The van der Waals surface area contributed by atoms with Crippen LogP contribution >= 0.6 is 0 Å². The van der Waals surface area contributed by atoms with Gasteiger partial charge in [0.25, 0.3) is 0 Å². The van der Waals surface area contributed by atoms with E-state index in [2.05, 4.69) is 6.92 Å². The van der Waals surface area contributed by atoms with E-state index in [-0.39, 0.29) is 19.3 Å². The van der Waals surface area contributed by atoms with Gasteiger partial charge >= 0.3 is 11.9 Å². The Morgan fingerprint density at radius 3 is 2.20 bits per heavy atom. The fraction of sp³-hybridized carbons (Fsp3) is 0.556. The van der Waals surface area contributed by atoms with Gasteiger partial charge in [-0.1, -0.05) is 26.2 Å². The van der Waals surface area contributed by atoms with Crippen LogP contribution in [0.1, 0.15) is 57.4 Å². The van der Waals surface area contributed by atoms with E-state index in [0.29, 0.717) is 12.7 Å². The van der Waals surface area contributed by atoms with Crippen LogP contribution in [0.5, 0.6) is 0 Å². The Bertz CT molecular complexity index is 576. The Kier molecular flexibility index (Phi) is 9.65. The fourth-order valence-corrected chi connectivity index (χ4v) is 2.09.